The van der Waals surface area contributed by atoms with Gasteiger partial charge in [-0.2, -0.15) is 0 Å². The van der Waals surface area contributed by atoms with E-state index in [0.29, 0.717) is 5.69 Å². The minimum Gasteiger partial charge on any atom is -0.322 e. The van der Waals surface area contributed by atoms with Crippen molar-refractivity contribution in [3.05, 3.63) is 59.4 Å². The van der Waals surface area contributed by atoms with Crippen LogP contribution in [0.5, 0.6) is 0 Å². The molecule has 1 amide bonds. The van der Waals surface area contributed by atoms with Crippen molar-refractivity contribution in [2.24, 2.45) is 5.73 Å². The van der Waals surface area contributed by atoms with Crippen LogP contribution in [-0.4, -0.2) is 17.4 Å². The number of hydrogen-bond donors (Lipinski definition) is 2. The highest BCUT2D eigenvalue weighted by molar-refractivity contribution is 6.04. The summed E-state index contributed by atoms with van der Waals surface area (Å²) in [7, 11) is 0. The van der Waals surface area contributed by atoms with Gasteiger partial charge in [-0.25, -0.2) is 8.78 Å². The summed E-state index contributed by atoms with van der Waals surface area (Å²) < 4.78 is 26.9. The zero-order valence-electron chi connectivity index (χ0n) is 10.9. The molecule has 0 aliphatic carbocycles. The zero-order chi connectivity index (χ0) is 15.2. The molecule has 1 heterocycles. The number of nitrogens with two attached hydrogens (primary N) is 1. The molecule has 0 aliphatic rings. The Morgan fingerprint density at radius 3 is 2.81 bits per heavy atom. The van der Waals surface area contributed by atoms with Gasteiger partial charge in [0.2, 0.25) is 0 Å². The van der Waals surface area contributed by atoms with E-state index in [1.54, 1.807) is 0 Å². The number of nitrogens with zero attached hydrogens (tertiary/aromatic N) is 1. The molecule has 1 aromatic heterocycles. The van der Waals surface area contributed by atoms with Gasteiger partial charge >= 0.3 is 0 Å². The standard InChI is InChI=1S/C15H11F2N3O/c16-13-4-3-11(8-10(13)2-1-6-18)20-15(21)12-5-7-19-9-14(12)17/h3-5,7-9H,6,18H2,(H,20,21). The van der Waals surface area contributed by atoms with Crippen molar-refractivity contribution in [2.75, 3.05) is 11.9 Å². The fraction of sp³-hybridized carbons (Fsp3) is 0.0667. The first-order chi connectivity index (χ1) is 10.1. The molecule has 0 saturated carbocycles. The number of halogens is 2. The molecule has 106 valence electrons. The Hall–Kier alpha value is -2.78. The van der Waals surface area contributed by atoms with Crippen LogP contribution >= 0.6 is 0 Å². The van der Waals surface area contributed by atoms with Crippen LogP contribution in [0.25, 0.3) is 0 Å². The number of rotatable bonds is 2. The van der Waals surface area contributed by atoms with Gasteiger partial charge in [-0.05, 0) is 24.3 Å². The molecular formula is C15H11F2N3O. The fourth-order valence-corrected chi connectivity index (χ4v) is 1.60. The Morgan fingerprint density at radius 1 is 1.29 bits per heavy atom. The summed E-state index contributed by atoms with van der Waals surface area (Å²) in [6, 6.07) is 5.14. The second-order valence-corrected chi connectivity index (χ2v) is 4.01. The maximum Gasteiger partial charge on any atom is 0.258 e. The summed E-state index contributed by atoms with van der Waals surface area (Å²) >= 11 is 0. The van der Waals surface area contributed by atoms with Crippen LogP contribution in [0.1, 0.15) is 15.9 Å². The Bertz CT molecular complexity index is 735. The summed E-state index contributed by atoms with van der Waals surface area (Å²) in [6.45, 7) is 0.0955. The summed E-state index contributed by atoms with van der Waals surface area (Å²) in [5.74, 6) is 3.16. The molecule has 3 N–H and O–H groups in total. The number of benzene rings is 1. The second-order valence-electron chi connectivity index (χ2n) is 4.01. The van der Waals surface area contributed by atoms with Crippen molar-refractivity contribution in [3.63, 3.8) is 0 Å². The van der Waals surface area contributed by atoms with Crippen LogP contribution in [0.2, 0.25) is 0 Å². The number of hydrogen-bond acceptors (Lipinski definition) is 3. The number of carbonyl (C=O) groups excluding carboxylic acids is 1. The number of pyridine rings is 1. The van der Waals surface area contributed by atoms with Crippen molar-refractivity contribution in [1.82, 2.24) is 4.98 Å². The van der Waals surface area contributed by atoms with E-state index in [2.05, 4.69) is 22.1 Å². The van der Waals surface area contributed by atoms with Gasteiger partial charge in [0.1, 0.15) is 5.82 Å². The Kier molecular flexibility index (Phi) is 4.59. The molecule has 2 rings (SSSR count). The van der Waals surface area contributed by atoms with Crippen molar-refractivity contribution in [1.29, 1.82) is 0 Å². The molecule has 0 unspecified atom stereocenters. The third-order valence-corrected chi connectivity index (χ3v) is 2.57. The predicted octanol–water partition coefficient (Wildman–Crippen LogP) is 1.92. The average molecular weight is 287 g/mol. The van der Waals surface area contributed by atoms with Gasteiger partial charge in [-0.3, -0.25) is 9.78 Å². The van der Waals surface area contributed by atoms with Gasteiger partial charge in [0.25, 0.3) is 5.91 Å². The first-order valence-corrected chi connectivity index (χ1v) is 6.01. The highest BCUT2D eigenvalue weighted by atomic mass is 19.1. The van der Waals surface area contributed by atoms with Crippen LogP contribution in [0.15, 0.2) is 36.7 Å². The third kappa shape index (κ3) is 3.61. The SMILES string of the molecule is NCC#Cc1cc(NC(=O)c2ccncc2F)ccc1F. The van der Waals surface area contributed by atoms with Gasteiger partial charge in [0.05, 0.1) is 23.9 Å². The number of carbonyl (C=O) groups is 1. The van der Waals surface area contributed by atoms with Crippen LogP contribution in [0, 0.1) is 23.5 Å². The number of nitrogens with one attached hydrogen (secondary N) is 1. The van der Waals surface area contributed by atoms with E-state index in [4.69, 9.17) is 5.73 Å². The van der Waals surface area contributed by atoms with Gasteiger partial charge < -0.3 is 11.1 Å². The van der Waals surface area contributed by atoms with Gasteiger partial charge in [0, 0.05) is 11.9 Å². The maximum absolute atomic E-state index is 13.5. The van der Waals surface area contributed by atoms with E-state index >= 15 is 0 Å². The molecule has 2 aromatic rings. The number of amides is 1. The molecule has 4 nitrogen and oxygen atoms in total. The first kappa shape index (κ1) is 14.6. The lowest BCUT2D eigenvalue weighted by Gasteiger charge is -2.06. The number of aromatic nitrogens is 1. The van der Waals surface area contributed by atoms with Crippen LogP contribution < -0.4 is 11.1 Å². The average Bonchev–Trinajstić information content (AvgIpc) is 2.48. The Morgan fingerprint density at radius 2 is 2.10 bits per heavy atom. The van der Waals surface area contributed by atoms with Gasteiger partial charge in [0.15, 0.2) is 5.82 Å². The van der Waals surface area contributed by atoms with Crippen LogP contribution in [0.3, 0.4) is 0 Å². The van der Waals surface area contributed by atoms with Crippen molar-refractivity contribution in [2.45, 2.75) is 0 Å². The van der Waals surface area contributed by atoms with Gasteiger partial charge in [-0.15, -0.1) is 0 Å². The molecule has 0 fully saturated rings. The molecule has 0 bridgehead atoms. The number of anilines is 1. The van der Waals surface area contributed by atoms with E-state index < -0.39 is 17.5 Å². The highest BCUT2D eigenvalue weighted by Crippen LogP contribution is 2.15. The molecule has 21 heavy (non-hydrogen) atoms. The highest BCUT2D eigenvalue weighted by Gasteiger charge is 2.12. The smallest absolute Gasteiger partial charge is 0.258 e. The van der Waals surface area contributed by atoms with Crippen LogP contribution in [-0.2, 0) is 0 Å². The zero-order valence-corrected chi connectivity index (χ0v) is 10.9. The fourth-order valence-electron chi connectivity index (χ4n) is 1.60. The molecule has 0 spiro atoms. The maximum atomic E-state index is 13.5. The quantitative estimate of drug-likeness (QED) is 0.829. The van der Waals surface area contributed by atoms with E-state index in [0.717, 1.165) is 6.20 Å². The Labute approximate surface area is 120 Å². The topological polar surface area (TPSA) is 68.0 Å². The largest absolute Gasteiger partial charge is 0.322 e. The second kappa shape index (κ2) is 6.59. The monoisotopic (exact) mass is 287 g/mol. The molecule has 6 heteroatoms. The minimum absolute atomic E-state index is 0.0955. The van der Waals surface area contributed by atoms with E-state index in [1.807, 2.05) is 0 Å². The molecule has 0 radical (unpaired) electrons. The summed E-state index contributed by atoms with van der Waals surface area (Å²) in [4.78, 5) is 15.5. The lowest BCUT2D eigenvalue weighted by molar-refractivity contribution is 0.102. The van der Waals surface area contributed by atoms with E-state index in [-0.39, 0.29) is 17.7 Å². The molecule has 0 saturated heterocycles. The molecule has 1 aromatic carbocycles. The van der Waals surface area contributed by atoms with Crippen LogP contribution in [0.4, 0.5) is 14.5 Å². The molecular weight excluding hydrogens is 276 g/mol. The molecule has 0 atom stereocenters. The van der Waals surface area contributed by atoms with E-state index in [1.165, 1.54) is 30.5 Å². The van der Waals surface area contributed by atoms with Crippen molar-refractivity contribution in [3.8, 4) is 11.8 Å². The lowest BCUT2D eigenvalue weighted by atomic mass is 10.1. The minimum atomic E-state index is -0.736. The summed E-state index contributed by atoms with van der Waals surface area (Å²) in [5, 5.41) is 2.47. The predicted molar refractivity (Wildman–Crippen MR) is 74.5 cm³/mol. The van der Waals surface area contributed by atoms with E-state index in [9.17, 15) is 13.6 Å². The molecule has 0 aliphatic heterocycles. The first-order valence-electron chi connectivity index (χ1n) is 6.01. The Balaban J connectivity index is 2.24. The van der Waals surface area contributed by atoms with Crippen molar-refractivity contribution >= 4 is 11.6 Å². The van der Waals surface area contributed by atoms with Gasteiger partial charge in [-0.1, -0.05) is 11.8 Å². The third-order valence-electron chi connectivity index (χ3n) is 2.57. The summed E-state index contributed by atoms with van der Waals surface area (Å²) in [5.41, 5.74) is 5.48. The lowest BCUT2D eigenvalue weighted by Crippen LogP contribution is -2.14. The normalized spacial score (nSPS) is 9.67. The summed E-state index contributed by atoms with van der Waals surface area (Å²) in [6.07, 6.45) is 2.25. The van der Waals surface area contributed by atoms with Crippen molar-refractivity contribution < 1.29 is 13.6 Å².